The van der Waals surface area contributed by atoms with Crippen molar-refractivity contribution in [3.63, 3.8) is 0 Å². The molecule has 0 bridgehead atoms. The number of aromatic nitrogens is 6. The second-order valence-corrected chi connectivity index (χ2v) is 5.59. The van der Waals surface area contributed by atoms with Crippen molar-refractivity contribution in [3.05, 3.63) is 53.6 Å². The molecule has 10 heteroatoms. The smallest absolute Gasteiger partial charge is 0.319 e. The van der Waals surface area contributed by atoms with E-state index in [9.17, 15) is 4.79 Å². The topological polar surface area (TPSA) is 111 Å². The first-order valence-corrected chi connectivity index (χ1v) is 7.79. The van der Waals surface area contributed by atoms with E-state index in [4.69, 9.17) is 11.6 Å². The van der Waals surface area contributed by atoms with Gasteiger partial charge in [-0.2, -0.15) is 9.78 Å². The lowest BCUT2D eigenvalue weighted by molar-refractivity contribution is 0.248. The highest BCUT2D eigenvalue weighted by atomic mass is 35.5. The van der Waals surface area contributed by atoms with Crippen molar-refractivity contribution in [2.45, 2.75) is 19.9 Å². The van der Waals surface area contributed by atoms with Crippen LogP contribution in [0.1, 0.15) is 24.4 Å². The predicted molar refractivity (Wildman–Crippen MR) is 91.5 cm³/mol. The number of pyridine rings is 1. The van der Waals surface area contributed by atoms with E-state index in [-0.39, 0.29) is 0 Å². The molecule has 2 amide bonds. The van der Waals surface area contributed by atoms with E-state index in [1.165, 1.54) is 17.2 Å². The maximum atomic E-state index is 12.2. The Morgan fingerprint density at radius 2 is 2.00 bits per heavy atom. The third-order valence-corrected chi connectivity index (χ3v) is 3.72. The van der Waals surface area contributed by atoms with Gasteiger partial charge in [0, 0.05) is 12.4 Å². The molecule has 0 saturated heterocycles. The number of carbonyl (C=O) groups excluding carboxylic acids is 1. The molecule has 3 heterocycles. The number of aryl methyl sites for hydroxylation is 1. The van der Waals surface area contributed by atoms with E-state index < -0.39 is 12.1 Å². The van der Waals surface area contributed by atoms with Gasteiger partial charge in [-0.15, -0.1) is 0 Å². The van der Waals surface area contributed by atoms with Crippen molar-refractivity contribution in [1.82, 2.24) is 35.0 Å². The molecule has 128 valence electrons. The first-order valence-electron chi connectivity index (χ1n) is 7.41. The zero-order valence-electron chi connectivity index (χ0n) is 13.5. The second kappa shape index (κ2) is 7.22. The third kappa shape index (κ3) is 3.89. The lowest BCUT2D eigenvalue weighted by Gasteiger charge is -2.14. The van der Waals surface area contributed by atoms with Gasteiger partial charge >= 0.3 is 6.03 Å². The monoisotopic (exact) mass is 358 g/mol. The molecule has 0 saturated carbocycles. The summed E-state index contributed by atoms with van der Waals surface area (Å²) in [7, 11) is 0. The van der Waals surface area contributed by atoms with Gasteiger partial charge in [0.2, 0.25) is 0 Å². The Kier molecular flexibility index (Phi) is 4.85. The molecular weight excluding hydrogens is 344 g/mol. The number of nitrogens with zero attached hydrogens (tertiary/aromatic N) is 6. The van der Waals surface area contributed by atoms with E-state index in [1.807, 2.05) is 6.92 Å². The summed E-state index contributed by atoms with van der Waals surface area (Å²) >= 11 is 5.88. The number of amides is 2. The zero-order valence-corrected chi connectivity index (χ0v) is 14.3. The Morgan fingerprint density at radius 1 is 1.24 bits per heavy atom. The number of halogens is 1. The maximum absolute atomic E-state index is 12.2. The van der Waals surface area contributed by atoms with E-state index in [2.05, 4.69) is 35.7 Å². The molecule has 0 aliphatic heterocycles. The van der Waals surface area contributed by atoms with Crippen LogP contribution in [0.25, 0.3) is 5.95 Å². The molecule has 1 unspecified atom stereocenters. The summed E-state index contributed by atoms with van der Waals surface area (Å²) in [4.78, 5) is 28.6. The standard InChI is InChI=1S/C15H15ClN8O/c1-9-6-11(7-19-12(9)16)23-15(25)22-10(2)13-20-8-21-24(13)14-17-4-3-5-18-14/h3-8,10H,1-2H3,(H2,22,23,25). The van der Waals surface area contributed by atoms with Crippen LogP contribution in [0.4, 0.5) is 10.5 Å². The third-order valence-electron chi connectivity index (χ3n) is 3.32. The minimum absolute atomic E-state index is 0.376. The summed E-state index contributed by atoms with van der Waals surface area (Å²) in [6.07, 6.45) is 6.08. The van der Waals surface area contributed by atoms with Gasteiger partial charge in [-0.25, -0.2) is 24.7 Å². The molecule has 3 aromatic heterocycles. The van der Waals surface area contributed by atoms with Crippen LogP contribution < -0.4 is 10.6 Å². The number of urea groups is 1. The molecule has 0 aliphatic carbocycles. The Balaban J connectivity index is 1.70. The molecule has 1 atom stereocenters. The molecule has 0 aromatic carbocycles. The van der Waals surface area contributed by atoms with Gasteiger partial charge in [-0.3, -0.25) is 0 Å². The van der Waals surface area contributed by atoms with Gasteiger partial charge in [0.15, 0.2) is 5.82 Å². The van der Waals surface area contributed by atoms with Crippen LogP contribution in [0.2, 0.25) is 5.15 Å². The SMILES string of the molecule is Cc1cc(NC(=O)NC(C)c2ncnn2-c2ncccn2)cnc1Cl. The van der Waals surface area contributed by atoms with Crippen LogP contribution in [-0.4, -0.2) is 35.7 Å². The summed E-state index contributed by atoms with van der Waals surface area (Å²) < 4.78 is 1.47. The van der Waals surface area contributed by atoms with Crippen LogP contribution in [0, 0.1) is 6.92 Å². The van der Waals surface area contributed by atoms with Gasteiger partial charge in [-0.05, 0) is 31.5 Å². The summed E-state index contributed by atoms with van der Waals surface area (Å²) in [6.45, 7) is 3.60. The molecule has 9 nitrogen and oxygen atoms in total. The fraction of sp³-hybridized carbons (Fsp3) is 0.200. The van der Waals surface area contributed by atoms with Crippen LogP contribution in [0.5, 0.6) is 0 Å². The lowest BCUT2D eigenvalue weighted by Crippen LogP contribution is -2.32. The molecule has 0 radical (unpaired) electrons. The predicted octanol–water partition coefficient (Wildman–Crippen LogP) is 2.30. The first kappa shape index (κ1) is 16.8. The van der Waals surface area contributed by atoms with Gasteiger partial charge < -0.3 is 10.6 Å². The van der Waals surface area contributed by atoms with Gasteiger partial charge in [0.05, 0.1) is 17.9 Å². The molecule has 0 aliphatic rings. The van der Waals surface area contributed by atoms with E-state index in [0.29, 0.717) is 22.6 Å². The lowest BCUT2D eigenvalue weighted by atomic mass is 10.3. The molecule has 3 aromatic rings. The van der Waals surface area contributed by atoms with E-state index in [0.717, 1.165) is 5.56 Å². The van der Waals surface area contributed by atoms with Crippen LogP contribution in [0.15, 0.2) is 37.1 Å². The molecule has 0 fully saturated rings. The average Bonchev–Trinajstić information content (AvgIpc) is 3.09. The number of hydrogen-bond acceptors (Lipinski definition) is 6. The molecular formula is C15H15ClN8O. The first-order chi connectivity index (χ1) is 12.0. The summed E-state index contributed by atoms with van der Waals surface area (Å²) in [6, 6.07) is 2.62. The fourth-order valence-corrected chi connectivity index (χ4v) is 2.26. The molecule has 0 spiro atoms. The van der Waals surface area contributed by atoms with Gasteiger partial charge in [0.25, 0.3) is 5.95 Å². The zero-order chi connectivity index (χ0) is 17.8. The Hall–Kier alpha value is -3.07. The highest BCUT2D eigenvalue weighted by molar-refractivity contribution is 6.30. The molecule has 25 heavy (non-hydrogen) atoms. The van der Waals surface area contributed by atoms with Crippen LogP contribution >= 0.6 is 11.6 Å². The number of anilines is 1. The van der Waals surface area contributed by atoms with Crippen molar-refractivity contribution in [3.8, 4) is 5.95 Å². The summed E-state index contributed by atoms with van der Waals surface area (Å²) in [5.41, 5.74) is 1.31. The normalized spacial score (nSPS) is 11.8. The maximum Gasteiger partial charge on any atom is 0.319 e. The fourth-order valence-electron chi connectivity index (χ4n) is 2.16. The Morgan fingerprint density at radius 3 is 2.72 bits per heavy atom. The van der Waals surface area contributed by atoms with Crippen molar-refractivity contribution in [1.29, 1.82) is 0 Å². The summed E-state index contributed by atoms with van der Waals surface area (Å²) in [5, 5.41) is 9.99. The van der Waals surface area contributed by atoms with Gasteiger partial charge in [-0.1, -0.05) is 11.6 Å². The Bertz CT molecular complexity index is 882. The van der Waals surface area contributed by atoms with Crippen molar-refractivity contribution in [2.24, 2.45) is 0 Å². The highest BCUT2D eigenvalue weighted by Gasteiger charge is 2.18. The number of hydrogen-bond donors (Lipinski definition) is 2. The highest BCUT2D eigenvalue weighted by Crippen LogP contribution is 2.16. The second-order valence-electron chi connectivity index (χ2n) is 5.23. The van der Waals surface area contributed by atoms with E-state index in [1.54, 1.807) is 31.5 Å². The molecule has 3 rings (SSSR count). The van der Waals surface area contributed by atoms with Crippen molar-refractivity contribution in [2.75, 3.05) is 5.32 Å². The van der Waals surface area contributed by atoms with E-state index >= 15 is 0 Å². The Labute approximate surface area is 148 Å². The van der Waals surface area contributed by atoms with Crippen molar-refractivity contribution < 1.29 is 4.79 Å². The quantitative estimate of drug-likeness (QED) is 0.692. The van der Waals surface area contributed by atoms with Crippen molar-refractivity contribution >= 4 is 23.3 Å². The number of rotatable bonds is 4. The van der Waals surface area contributed by atoms with Gasteiger partial charge in [0.1, 0.15) is 11.5 Å². The average molecular weight is 359 g/mol. The minimum Gasteiger partial charge on any atom is -0.328 e. The molecule has 2 N–H and O–H groups in total. The minimum atomic E-state index is -0.423. The largest absolute Gasteiger partial charge is 0.328 e. The number of carbonyl (C=O) groups is 1. The summed E-state index contributed by atoms with van der Waals surface area (Å²) in [5.74, 6) is 0.883. The van der Waals surface area contributed by atoms with Crippen LogP contribution in [0.3, 0.4) is 0 Å². The van der Waals surface area contributed by atoms with Crippen LogP contribution in [-0.2, 0) is 0 Å². The number of nitrogens with one attached hydrogen (secondary N) is 2.